The van der Waals surface area contributed by atoms with Crippen LogP contribution < -0.4 is 5.32 Å². The number of hydrogen-bond donors (Lipinski definition) is 1. The first-order chi connectivity index (χ1) is 9.29. The summed E-state index contributed by atoms with van der Waals surface area (Å²) in [4.78, 5) is 0. The molecule has 0 saturated heterocycles. The molecule has 1 aliphatic carbocycles. The third-order valence-electron chi connectivity index (χ3n) is 3.65. The van der Waals surface area contributed by atoms with Gasteiger partial charge in [-0.05, 0) is 43.0 Å². The summed E-state index contributed by atoms with van der Waals surface area (Å²) in [5, 5.41) is 7.80. The standard InChI is InChI=1S/C16H21N3/c1-13(11-14-3-4-14)18-16-7-5-15(6-8-16)12-19-10-2-9-17-19/h2,5-10,13-14,18H,3-4,11-12H2,1H3. The number of rotatable bonds is 6. The summed E-state index contributed by atoms with van der Waals surface area (Å²) in [6, 6.07) is 11.2. The summed E-state index contributed by atoms with van der Waals surface area (Å²) in [6.07, 6.45) is 7.96. The number of benzene rings is 1. The van der Waals surface area contributed by atoms with Crippen molar-refractivity contribution in [3.8, 4) is 0 Å². The van der Waals surface area contributed by atoms with Crippen molar-refractivity contribution >= 4 is 5.69 Å². The first-order valence-corrected chi connectivity index (χ1v) is 7.12. The lowest BCUT2D eigenvalue weighted by Crippen LogP contribution is -2.15. The van der Waals surface area contributed by atoms with E-state index in [0.29, 0.717) is 6.04 Å². The molecule has 1 aliphatic rings. The number of hydrogen-bond acceptors (Lipinski definition) is 2. The van der Waals surface area contributed by atoms with Crippen LogP contribution in [0.3, 0.4) is 0 Å². The lowest BCUT2D eigenvalue weighted by Gasteiger charge is -2.15. The fourth-order valence-corrected chi connectivity index (χ4v) is 2.48. The molecule has 0 spiro atoms. The Bertz CT molecular complexity index is 497. The van der Waals surface area contributed by atoms with Crippen LogP contribution in [-0.4, -0.2) is 15.8 Å². The summed E-state index contributed by atoms with van der Waals surface area (Å²) in [5.41, 5.74) is 2.50. The van der Waals surface area contributed by atoms with Crippen molar-refractivity contribution in [2.45, 2.75) is 38.8 Å². The van der Waals surface area contributed by atoms with Crippen LogP contribution in [0, 0.1) is 5.92 Å². The predicted molar refractivity (Wildman–Crippen MR) is 78.2 cm³/mol. The maximum atomic E-state index is 4.22. The lowest BCUT2D eigenvalue weighted by molar-refractivity contribution is 0.642. The molecule has 1 fully saturated rings. The molecule has 2 aromatic rings. The summed E-state index contributed by atoms with van der Waals surface area (Å²) in [7, 11) is 0. The minimum absolute atomic E-state index is 0.574. The van der Waals surface area contributed by atoms with Gasteiger partial charge >= 0.3 is 0 Å². The van der Waals surface area contributed by atoms with Gasteiger partial charge in [0.15, 0.2) is 0 Å². The lowest BCUT2D eigenvalue weighted by atomic mass is 10.1. The minimum atomic E-state index is 0.574. The van der Waals surface area contributed by atoms with Crippen LogP contribution >= 0.6 is 0 Å². The van der Waals surface area contributed by atoms with Gasteiger partial charge in [-0.1, -0.05) is 25.0 Å². The van der Waals surface area contributed by atoms with Gasteiger partial charge in [-0.15, -0.1) is 0 Å². The number of aromatic nitrogens is 2. The molecule has 1 aromatic carbocycles. The SMILES string of the molecule is CC(CC1CC1)Nc1ccc(Cn2cccn2)cc1. The van der Waals surface area contributed by atoms with Crippen molar-refractivity contribution in [2.75, 3.05) is 5.32 Å². The average Bonchev–Trinajstić information content (AvgIpc) is 3.05. The predicted octanol–water partition coefficient (Wildman–Crippen LogP) is 3.53. The third kappa shape index (κ3) is 3.60. The second-order valence-electron chi connectivity index (χ2n) is 5.63. The van der Waals surface area contributed by atoms with E-state index in [2.05, 4.69) is 41.6 Å². The molecular formula is C16H21N3. The van der Waals surface area contributed by atoms with E-state index in [1.165, 1.54) is 30.5 Å². The first kappa shape index (κ1) is 12.3. The average molecular weight is 255 g/mol. The highest BCUT2D eigenvalue weighted by Gasteiger charge is 2.23. The van der Waals surface area contributed by atoms with Crippen LogP contribution in [0.1, 0.15) is 31.7 Å². The largest absolute Gasteiger partial charge is 0.383 e. The Labute approximate surface area is 114 Å². The molecule has 1 heterocycles. The van der Waals surface area contributed by atoms with Gasteiger partial charge < -0.3 is 5.32 Å². The second-order valence-corrected chi connectivity index (χ2v) is 5.63. The molecular weight excluding hydrogens is 234 g/mol. The molecule has 0 radical (unpaired) electrons. The van der Waals surface area contributed by atoms with E-state index < -0.39 is 0 Å². The quantitative estimate of drug-likeness (QED) is 0.855. The zero-order valence-corrected chi connectivity index (χ0v) is 11.4. The zero-order chi connectivity index (χ0) is 13.1. The highest BCUT2D eigenvalue weighted by Crippen LogP contribution is 2.34. The van der Waals surface area contributed by atoms with E-state index in [9.17, 15) is 0 Å². The monoisotopic (exact) mass is 255 g/mol. The number of anilines is 1. The van der Waals surface area contributed by atoms with Gasteiger partial charge in [-0.3, -0.25) is 4.68 Å². The smallest absolute Gasteiger partial charge is 0.0659 e. The van der Waals surface area contributed by atoms with E-state index in [-0.39, 0.29) is 0 Å². The van der Waals surface area contributed by atoms with Crippen LogP contribution in [-0.2, 0) is 6.54 Å². The summed E-state index contributed by atoms with van der Waals surface area (Å²) < 4.78 is 1.94. The summed E-state index contributed by atoms with van der Waals surface area (Å²) in [5.74, 6) is 0.974. The molecule has 0 aliphatic heterocycles. The van der Waals surface area contributed by atoms with Crippen molar-refractivity contribution in [2.24, 2.45) is 5.92 Å². The number of nitrogens with zero attached hydrogens (tertiary/aromatic N) is 2. The maximum absolute atomic E-state index is 4.22. The van der Waals surface area contributed by atoms with E-state index in [4.69, 9.17) is 0 Å². The Morgan fingerprint density at radius 2 is 2.11 bits per heavy atom. The van der Waals surface area contributed by atoms with E-state index in [1.807, 2.05) is 23.1 Å². The van der Waals surface area contributed by atoms with Gasteiger partial charge in [0.1, 0.15) is 0 Å². The van der Waals surface area contributed by atoms with Crippen molar-refractivity contribution in [3.63, 3.8) is 0 Å². The normalized spacial score (nSPS) is 16.3. The minimum Gasteiger partial charge on any atom is -0.383 e. The zero-order valence-electron chi connectivity index (χ0n) is 11.4. The van der Waals surface area contributed by atoms with Crippen LogP contribution in [0.5, 0.6) is 0 Å². The molecule has 1 unspecified atom stereocenters. The van der Waals surface area contributed by atoms with Crippen LogP contribution in [0.4, 0.5) is 5.69 Å². The number of nitrogens with one attached hydrogen (secondary N) is 1. The van der Waals surface area contributed by atoms with Gasteiger partial charge in [0, 0.05) is 24.1 Å². The summed E-state index contributed by atoms with van der Waals surface area (Å²) >= 11 is 0. The van der Waals surface area contributed by atoms with Crippen molar-refractivity contribution < 1.29 is 0 Å². The fourth-order valence-electron chi connectivity index (χ4n) is 2.48. The Kier molecular flexibility index (Phi) is 3.53. The van der Waals surface area contributed by atoms with Crippen LogP contribution in [0.2, 0.25) is 0 Å². The van der Waals surface area contributed by atoms with E-state index >= 15 is 0 Å². The van der Waals surface area contributed by atoms with Gasteiger partial charge in [0.25, 0.3) is 0 Å². The summed E-state index contributed by atoms with van der Waals surface area (Å²) in [6.45, 7) is 3.11. The van der Waals surface area contributed by atoms with Gasteiger partial charge in [-0.25, -0.2) is 0 Å². The molecule has 0 amide bonds. The van der Waals surface area contributed by atoms with Crippen molar-refractivity contribution in [3.05, 3.63) is 48.3 Å². The van der Waals surface area contributed by atoms with Crippen LogP contribution in [0.25, 0.3) is 0 Å². The molecule has 1 atom stereocenters. The molecule has 3 nitrogen and oxygen atoms in total. The molecule has 3 rings (SSSR count). The molecule has 0 bridgehead atoms. The molecule has 1 saturated carbocycles. The van der Waals surface area contributed by atoms with Crippen LogP contribution in [0.15, 0.2) is 42.7 Å². The molecule has 100 valence electrons. The molecule has 1 aromatic heterocycles. The van der Waals surface area contributed by atoms with E-state index in [1.54, 1.807) is 0 Å². The Morgan fingerprint density at radius 1 is 1.32 bits per heavy atom. The van der Waals surface area contributed by atoms with Gasteiger partial charge in [0.05, 0.1) is 6.54 Å². The van der Waals surface area contributed by atoms with Gasteiger partial charge in [0.2, 0.25) is 0 Å². The third-order valence-corrected chi connectivity index (χ3v) is 3.65. The highest BCUT2D eigenvalue weighted by atomic mass is 15.3. The fraction of sp³-hybridized carbons (Fsp3) is 0.438. The first-order valence-electron chi connectivity index (χ1n) is 7.12. The highest BCUT2D eigenvalue weighted by molar-refractivity contribution is 5.45. The topological polar surface area (TPSA) is 29.9 Å². The second kappa shape index (κ2) is 5.47. The van der Waals surface area contributed by atoms with E-state index in [0.717, 1.165) is 12.5 Å². The van der Waals surface area contributed by atoms with Crippen molar-refractivity contribution in [1.29, 1.82) is 0 Å². The molecule has 1 N–H and O–H groups in total. The Balaban J connectivity index is 1.55. The molecule has 19 heavy (non-hydrogen) atoms. The van der Waals surface area contributed by atoms with Gasteiger partial charge in [-0.2, -0.15) is 5.10 Å². The maximum Gasteiger partial charge on any atom is 0.0659 e. The Morgan fingerprint density at radius 3 is 2.74 bits per heavy atom. The van der Waals surface area contributed by atoms with Crippen molar-refractivity contribution in [1.82, 2.24) is 9.78 Å². The molecule has 3 heteroatoms. The Hall–Kier alpha value is -1.77.